The number of rotatable bonds is 4. The molecular formula is C18H23N3O3S. The first kappa shape index (κ1) is 16.7. The molecule has 2 heterocycles. The third-order valence-corrected chi connectivity index (χ3v) is 7.15. The monoisotopic (exact) mass is 361 g/mol. The summed E-state index contributed by atoms with van der Waals surface area (Å²) >= 11 is 0. The normalized spacial score (nSPS) is 22.7. The van der Waals surface area contributed by atoms with E-state index in [0.29, 0.717) is 29.1 Å². The molecule has 1 saturated heterocycles. The van der Waals surface area contributed by atoms with Crippen LogP contribution in [0.15, 0.2) is 33.6 Å². The van der Waals surface area contributed by atoms with Crippen molar-refractivity contribution in [1.82, 2.24) is 14.5 Å². The average molecular weight is 361 g/mol. The van der Waals surface area contributed by atoms with E-state index in [1.54, 1.807) is 22.5 Å². The van der Waals surface area contributed by atoms with Crippen LogP contribution in [0.1, 0.15) is 67.8 Å². The summed E-state index contributed by atoms with van der Waals surface area (Å²) in [6.07, 6.45) is 5.89. The molecule has 25 heavy (non-hydrogen) atoms. The molecule has 0 amide bonds. The van der Waals surface area contributed by atoms with Gasteiger partial charge in [0.05, 0.1) is 4.90 Å². The molecule has 1 unspecified atom stereocenters. The molecule has 134 valence electrons. The number of hydrogen-bond acceptors (Lipinski definition) is 5. The van der Waals surface area contributed by atoms with Crippen molar-refractivity contribution >= 4 is 10.0 Å². The molecule has 2 fully saturated rings. The Morgan fingerprint density at radius 3 is 2.60 bits per heavy atom. The third-order valence-electron chi connectivity index (χ3n) is 5.25. The Hall–Kier alpha value is -1.73. The molecule has 6 nitrogen and oxygen atoms in total. The van der Waals surface area contributed by atoms with E-state index in [9.17, 15) is 8.42 Å². The lowest BCUT2D eigenvalue weighted by Gasteiger charge is -2.32. The second-order valence-electron chi connectivity index (χ2n) is 7.05. The summed E-state index contributed by atoms with van der Waals surface area (Å²) in [6, 6.07) is 6.69. The Bertz CT molecular complexity index is 858. The van der Waals surface area contributed by atoms with Crippen molar-refractivity contribution in [1.29, 1.82) is 0 Å². The van der Waals surface area contributed by atoms with Crippen LogP contribution in [0.3, 0.4) is 0 Å². The van der Waals surface area contributed by atoms with Crippen LogP contribution >= 0.6 is 0 Å². The van der Waals surface area contributed by atoms with Gasteiger partial charge < -0.3 is 4.42 Å². The topological polar surface area (TPSA) is 76.3 Å². The number of piperidine rings is 1. The molecule has 7 heteroatoms. The Kier molecular flexibility index (Phi) is 4.37. The van der Waals surface area contributed by atoms with Gasteiger partial charge in [-0.2, -0.15) is 4.31 Å². The smallest absolute Gasteiger partial charge is 0.243 e. The SMILES string of the molecule is Cc1cccc(S(=O)(=O)N2CCCCC2c2nnc(C3CCC3)o2)c1. The molecule has 2 aliphatic rings. The van der Waals surface area contributed by atoms with E-state index in [1.807, 2.05) is 13.0 Å². The lowest BCUT2D eigenvalue weighted by atomic mass is 9.85. The maximum atomic E-state index is 13.2. The highest BCUT2D eigenvalue weighted by atomic mass is 32.2. The molecule has 0 spiro atoms. The molecule has 0 N–H and O–H groups in total. The lowest BCUT2D eigenvalue weighted by molar-refractivity contribution is 0.210. The molecule has 2 aromatic rings. The minimum absolute atomic E-state index is 0.332. The summed E-state index contributed by atoms with van der Waals surface area (Å²) in [5, 5.41) is 8.37. The summed E-state index contributed by atoms with van der Waals surface area (Å²) in [5.74, 6) is 1.46. The Labute approximate surface area is 148 Å². The van der Waals surface area contributed by atoms with Crippen molar-refractivity contribution in [3.8, 4) is 0 Å². The van der Waals surface area contributed by atoms with E-state index in [4.69, 9.17) is 4.42 Å². The first-order valence-electron chi connectivity index (χ1n) is 8.97. The molecule has 4 rings (SSSR count). The van der Waals surface area contributed by atoms with E-state index in [1.165, 1.54) is 6.42 Å². The fraction of sp³-hybridized carbons (Fsp3) is 0.556. The molecule has 1 saturated carbocycles. The molecular weight excluding hydrogens is 338 g/mol. The van der Waals surface area contributed by atoms with Crippen LogP contribution in [0.2, 0.25) is 0 Å². The van der Waals surface area contributed by atoms with E-state index < -0.39 is 10.0 Å². The van der Waals surface area contributed by atoms with Crippen molar-refractivity contribution in [2.24, 2.45) is 0 Å². The predicted octanol–water partition coefficient (Wildman–Crippen LogP) is 3.56. The van der Waals surface area contributed by atoms with Crippen LogP contribution in [0.25, 0.3) is 0 Å². The van der Waals surface area contributed by atoms with E-state index >= 15 is 0 Å². The molecule has 1 atom stereocenters. The van der Waals surface area contributed by atoms with Gasteiger partial charge in [0.2, 0.25) is 21.8 Å². The van der Waals surface area contributed by atoms with Gasteiger partial charge in [-0.1, -0.05) is 25.0 Å². The Morgan fingerprint density at radius 1 is 1.08 bits per heavy atom. The van der Waals surface area contributed by atoms with E-state index in [2.05, 4.69) is 10.2 Å². The standard InChI is InChI=1S/C18H23N3O3S/c1-13-6-4-9-15(12-13)25(22,23)21-11-3-2-10-16(21)18-20-19-17(24-18)14-7-5-8-14/h4,6,9,12,14,16H,2-3,5,7-8,10-11H2,1H3. The third kappa shape index (κ3) is 3.11. The first-order chi connectivity index (χ1) is 12.1. The summed E-state index contributed by atoms with van der Waals surface area (Å²) in [5.41, 5.74) is 0.930. The number of benzene rings is 1. The van der Waals surface area contributed by atoms with Gasteiger partial charge in [0.1, 0.15) is 6.04 Å². The zero-order valence-electron chi connectivity index (χ0n) is 14.4. The van der Waals surface area contributed by atoms with Gasteiger partial charge in [0.15, 0.2) is 0 Å². The van der Waals surface area contributed by atoms with E-state index in [0.717, 1.165) is 37.7 Å². The van der Waals surface area contributed by atoms with Crippen LogP contribution in [-0.4, -0.2) is 29.5 Å². The quantitative estimate of drug-likeness (QED) is 0.832. The number of hydrogen-bond donors (Lipinski definition) is 0. The highest BCUT2D eigenvalue weighted by Gasteiger charge is 2.38. The highest BCUT2D eigenvalue weighted by molar-refractivity contribution is 7.89. The maximum absolute atomic E-state index is 13.2. The Morgan fingerprint density at radius 2 is 1.88 bits per heavy atom. The van der Waals surface area contributed by atoms with Gasteiger partial charge in [-0.15, -0.1) is 10.2 Å². The zero-order valence-corrected chi connectivity index (χ0v) is 15.2. The van der Waals surface area contributed by atoms with E-state index in [-0.39, 0.29) is 6.04 Å². The van der Waals surface area contributed by atoms with Crippen molar-refractivity contribution in [2.45, 2.75) is 62.3 Å². The van der Waals surface area contributed by atoms with Crippen LogP contribution in [0.4, 0.5) is 0 Å². The van der Waals surface area contributed by atoms with Crippen molar-refractivity contribution in [3.63, 3.8) is 0 Å². The van der Waals surface area contributed by atoms with Crippen molar-refractivity contribution in [3.05, 3.63) is 41.6 Å². The minimum Gasteiger partial charge on any atom is -0.423 e. The average Bonchev–Trinajstić information content (AvgIpc) is 3.02. The van der Waals surface area contributed by atoms with Crippen molar-refractivity contribution < 1.29 is 12.8 Å². The number of sulfonamides is 1. The Balaban J connectivity index is 1.65. The molecule has 1 aromatic carbocycles. The zero-order chi connectivity index (χ0) is 17.4. The van der Waals surface area contributed by atoms with Gasteiger partial charge in [0.25, 0.3) is 0 Å². The predicted molar refractivity (Wildman–Crippen MR) is 92.6 cm³/mol. The maximum Gasteiger partial charge on any atom is 0.243 e. The van der Waals surface area contributed by atoms with Crippen LogP contribution < -0.4 is 0 Å². The number of nitrogens with zero attached hydrogens (tertiary/aromatic N) is 3. The van der Waals surface area contributed by atoms with Gasteiger partial charge in [-0.3, -0.25) is 0 Å². The molecule has 1 aliphatic carbocycles. The summed E-state index contributed by atoms with van der Waals surface area (Å²) in [7, 11) is -3.58. The fourth-order valence-corrected chi connectivity index (χ4v) is 5.31. The molecule has 0 radical (unpaired) electrons. The second-order valence-corrected chi connectivity index (χ2v) is 8.94. The minimum atomic E-state index is -3.58. The van der Waals surface area contributed by atoms with Gasteiger partial charge in [0, 0.05) is 12.5 Å². The van der Waals surface area contributed by atoms with Crippen LogP contribution in [0, 0.1) is 6.92 Å². The fourth-order valence-electron chi connectivity index (χ4n) is 3.55. The molecule has 0 bridgehead atoms. The van der Waals surface area contributed by atoms with Gasteiger partial charge in [-0.05, 0) is 50.3 Å². The van der Waals surface area contributed by atoms with Gasteiger partial charge in [-0.25, -0.2) is 8.42 Å². The first-order valence-corrected chi connectivity index (χ1v) is 10.4. The molecule has 1 aromatic heterocycles. The summed E-state index contributed by atoms with van der Waals surface area (Å²) in [6.45, 7) is 2.39. The number of aromatic nitrogens is 2. The molecule has 1 aliphatic heterocycles. The second kappa shape index (κ2) is 6.53. The van der Waals surface area contributed by atoms with Crippen LogP contribution in [0.5, 0.6) is 0 Å². The number of aryl methyl sites for hydroxylation is 1. The van der Waals surface area contributed by atoms with Crippen LogP contribution in [-0.2, 0) is 10.0 Å². The summed E-state index contributed by atoms with van der Waals surface area (Å²) < 4.78 is 33.8. The highest BCUT2D eigenvalue weighted by Crippen LogP contribution is 2.39. The summed E-state index contributed by atoms with van der Waals surface area (Å²) in [4.78, 5) is 0.332. The van der Waals surface area contributed by atoms with Crippen molar-refractivity contribution in [2.75, 3.05) is 6.54 Å². The lowest BCUT2D eigenvalue weighted by Crippen LogP contribution is -2.38. The van der Waals surface area contributed by atoms with Gasteiger partial charge >= 0.3 is 0 Å². The largest absolute Gasteiger partial charge is 0.423 e.